The monoisotopic (exact) mass is 242 g/mol. The molecule has 1 aromatic rings. The highest BCUT2D eigenvalue weighted by atomic mass is 35.5. The molecular formula is C10H11ClN2O3. The maximum atomic E-state index is 10.5. The molecule has 0 fully saturated rings. The molecule has 6 heteroatoms. The van der Waals surface area contributed by atoms with E-state index in [9.17, 15) is 10.1 Å². The van der Waals surface area contributed by atoms with Gasteiger partial charge in [0.2, 0.25) is 5.88 Å². The molecule has 0 N–H and O–H groups in total. The Balaban J connectivity index is 2.65. The highest BCUT2D eigenvalue weighted by molar-refractivity contribution is 6.29. The molecule has 0 atom stereocenters. The van der Waals surface area contributed by atoms with Crippen molar-refractivity contribution in [2.45, 2.75) is 12.8 Å². The number of ether oxygens (including phenoxy) is 1. The van der Waals surface area contributed by atoms with Crippen LogP contribution in [0.4, 0.5) is 5.69 Å². The lowest BCUT2D eigenvalue weighted by Crippen LogP contribution is -2.00. The van der Waals surface area contributed by atoms with E-state index in [2.05, 4.69) is 11.6 Å². The van der Waals surface area contributed by atoms with Crippen molar-refractivity contribution >= 4 is 17.3 Å². The molecule has 0 aromatic carbocycles. The number of rotatable bonds is 6. The van der Waals surface area contributed by atoms with E-state index in [0.717, 1.165) is 12.8 Å². The van der Waals surface area contributed by atoms with E-state index in [1.807, 2.05) is 0 Å². The second kappa shape index (κ2) is 6.07. The molecule has 0 amide bonds. The number of nitrogens with zero attached hydrogens (tertiary/aromatic N) is 2. The Kier molecular flexibility index (Phi) is 4.72. The molecule has 0 radical (unpaired) electrons. The lowest BCUT2D eigenvalue weighted by Gasteiger charge is -2.04. The predicted octanol–water partition coefficient (Wildman–Crippen LogP) is 2.99. The van der Waals surface area contributed by atoms with Crippen molar-refractivity contribution < 1.29 is 9.66 Å². The molecular weight excluding hydrogens is 232 g/mol. The van der Waals surface area contributed by atoms with Gasteiger partial charge in [-0.05, 0) is 12.8 Å². The van der Waals surface area contributed by atoms with Gasteiger partial charge in [-0.25, -0.2) is 4.98 Å². The number of halogens is 1. The average Bonchev–Trinajstić information content (AvgIpc) is 2.23. The zero-order valence-electron chi connectivity index (χ0n) is 8.56. The fraction of sp³-hybridized carbons (Fsp3) is 0.300. The van der Waals surface area contributed by atoms with Gasteiger partial charge in [-0.2, -0.15) is 0 Å². The van der Waals surface area contributed by atoms with E-state index in [1.165, 1.54) is 12.1 Å². The third-order valence-electron chi connectivity index (χ3n) is 1.77. The number of nitro groups is 1. The summed E-state index contributed by atoms with van der Waals surface area (Å²) in [5.41, 5.74) is -0.126. The summed E-state index contributed by atoms with van der Waals surface area (Å²) in [6.45, 7) is 4.00. The molecule has 0 aliphatic carbocycles. The molecule has 16 heavy (non-hydrogen) atoms. The van der Waals surface area contributed by atoms with E-state index in [-0.39, 0.29) is 16.7 Å². The maximum Gasteiger partial charge on any atom is 0.277 e. The van der Waals surface area contributed by atoms with Crippen LogP contribution in [0.3, 0.4) is 0 Å². The number of hydrogen-bond donors (Lipinski definition) is 0. The Hall–Kier alpha value is -1.62. The third-order valence-corrected chi connectivity index (χ3v) is 1.96. The summed E-state index contributed by atoms with van der Waals surface area (Å²) in [4.78, 5) is 13.8. The van der Waals surface area contributed by atoms with E-state index in [4.69, 9.17) is 16.3 Å². The minimum atomic E-state index is -0.538. The van der Waals surface area contributed by atoms with Crippen molar-refractivity contribution in [3.63, 3.8) is 0 Å². The van der Waals surface area contributed by atoms with E-state index < -0.39 is 4.92 Å². The second-order valence-electron chi connectivity index (χ2n) is 3.02. The quantitative estimate of drug-likeness (QED) is 0.253. The Labute approximate surface area is 97.9 Å². The van der Waals surface area contributed by atoms with E-state index >= 15 is 0 Å². The van der Waals surface area contributed by atoms with Gasteiger partial charge in [0.1, 0.15) is 5.15 Å². The van der Waals surface area contributed by atoms with Crippen molar-refractivity contribution in [3.8, 4) is 5.88 Å². The highest BCUT2D eigenvalue weighted by Crippen LogP contribution is 2.22. The van der Waals surface area contributed by atoms with Gasteiger partial charge in [-0.15, -0.1) is 6.58 Å². The Morgan fingerprint density at radius 3 is 3.00 bits per heavy atom. The van der Waals surface area contributed by atoms with Gasteiger partial charge in [0.15, 0.2) is 0 Å². The molecule has 0 aliphatic rings. The molecule has 0 saturated carbocycles. The summed E-state index contributed by atoms with van der Waals surface area (Å²) in [6.07, 6.45) is 3.38. The third kappa shape index (κ3) is 3.86. The minimum Gasteiger partial charge on any atom is -0.477 e. The molecule has 0 bridgehead atoms. The van der Waals surface area contributed by atoms with Crippen LogP contribution < -0.4 is 4.74 Å². The summed E-state index contributed by atoms with van der Waals surface area (Å²) >= 11 is 5.62. The summed E-state index contributed by atoms with van der Waals surface area (Å²) < 4.78 is 5.23. The first-order valence-electron chi connectivity index (χ1n) is 4.69. The zero-order chi connectivity index (χ0) is 12.0. The number of unbranched alkanes of at least 4 members (excludes halogenated alkanes) is 1. The standard InChI is InChI=1S/C10H11ClN2O3/c1-2-3-4-5-16-10-7-8(13(14)15)6-9(11)12-10/h2,6-7H,1,3-5H2. The maximum absolute atomic E-state index is 10.5. The van der Waals surface area contributed by atoms with Crippen LogP contribution in [0.25, 0.3) is 0 Å². The fourth-order valence-electron chi connectivity index (χ4n) is 1.04. The van der Waals surface area contributed by atoms with Crippen LogP contribution in [0.15, 0.2) is 24.8 Å². The van der Waals surface area contributed by atoms with Crippen molar-refractivity contribution in [1.82, 2.24) is 4.98 Å². The molecule has 0 spiro atoms. The summed E-state index contributed by atoms with van der Waals surface area (Å²) in [5.74, 6) is 0.170. The van der Waals surface area contributed by atoms with Gasteiger partial charge in [0, 0.05) is 0 Å². The topological polar surface area (TPSA) is 65.3 Å². The van der Waals surface area contributed by atoms with E-state index in [1.54, 1.807) is 6.08 Å². The van der Waals surface area contributed by atoms with Gasteiger partial charge >= 0.3 is 0 Å². The van der Waals surface area contributed by atoms with Crippen LogP contribution >= 0.6 is 11.6 Å². The second-order valence-corrected chi connectivity index (χ2v) is 3.41. The SMILES string of the molecule is C=CCCCOc1cc([N+](=O)[O-])cc(Cl)n1. The summed E-state index contributed by atoms with van der Waals surface area (Å²) in [5, 5.41) is 10.6. The predicted molar refractivity (Wildman–Crippen MR) is 60.8 cm³/mol. The first-order valence-corrected chi connectivity index (χ1v) is 5.07. The molecule has 1 heterocycles. The highest BCUT2D eigenvalue weighted by Gasteiger charge is 2.10. The Bertz CT molecular complexity index is 396. The van der Waals surface area contributed by atoms with Crippen LogP contribution in [0.5, 0.6) is 5.88 Å². The Morgan fingerprint density at radius 2 is 2.38 bits per heavy atom. The van der Waals surface area contributed by atoms with Crippen LogP contribution in [-0.2, 0) is 0 Å². The smallest absolute Gasteiger partial charge is 0.277 e. The summed E-state index contributed by atoms with van der Waals surface area (Å²) in [6, 6.07) is 2.43. The largest absolute Gasteiger partial charge is 0.477 e. The number of pyridine rings is 1. The van der Waals surface area contributed by atoms with E-state index in [0.29, 0.717) is 6.61 Å². The van der Waals surface area contributed by atoms with Crippen LogP contribution in [0.2, 0.25) is 5.15 Å². The zero-order valence-corrected chi connectivity index (χ0v) is 9.31. The van der Waals surface area contributed by atoms with Crippen molar-refractivity contribution in [2.75, 3.05) is 6.61 Å². The van der Waals surface area contributed by atoms with Gasteiger partial charge in [-0.1, -0.05) is 17.7 Å². The number of hydrogen-bond acceptors (Lipinski definition) is 4. The normalized spacial score (nSPS) is 9.81. The molecule has 86 valence electrons. The van der Waals surface area contributed by atoms with Gasteiger partial charge in [0.05, 0.1) is 23.7 Å². The molecule has 1 aromatic heterocycles. The molecule has 0 saturated heterocycles. The number of aromatic nitrogens is 1. The lowest BCUT2D eigenvalue weighted by molar-refractivity contribution is -0.385. The van der Waals surface area contributed by atoms with Crippen LogP contribution in [0, 0.1) is 10.1 Å². The van der Waals surface area contributed by atoms with Gasteiger partial charge in [-0.3, -0.25) is 10.1 Å². The van der Waals surface area contributed by atoms with Crippen LogP contribution in [-0.4, -0.2) is 16.5 Å². The van der Waals surface area contributed by atoms with Crippen molar-refractivity contribution in [3.05, 3.63) is 40.1 Å². The Morgan fingerprint density at radius 1 is 1.62 bits per heavy atom. The van der Waals surface area contributed by atoms with Crippen molar-refractivity contribution in [1.29, 1.82) is 0 Å². The number of allylic oxidation sites excluding steroid dienone is 1. The molecule has 5 nitrogen and oxygen atoms in total. The first-order chi connectivity index (χ1) is 7.63. The lowest BCUT2D eigenvalue weighted by atomic mass is 10.3. The molecule has 0 aliphatic heterocycles. The van der Waals surface area contributed by atoms with Crippen LogP contribution in [0.1, 0.15) is 12.8 Å². The average molecular weight is 243 g/mol. The fourth-order valence-corrected chi connectivity index (χ4v) is 1.24. The minimum absolute atomic E-state index is 0.0490. The molecule has 0 unspecified atom stereocenters. The molecule has 1 rings (SSSR count). The van der Waals surface area contributed by atoms with Crippen molar-refractivity contribution in [2.24, 2.45) is 0 Å². The summed E-state index contributed by atoms with van der Waals surface area (Å²) in [7, 11) is 0. The van der Waals surface area contributed by atoms with Gasteiger partial charge in [0.25, 0.3) is 5.69 Å². The van der Waals surface area contributed by atoms with Gasteiger partial charge < -0.3 is 4.74 Å². The first kappa shape index (κ1) is 12.4.